The third kappa shape index (κ3) is 4.32. The topological polar surface area (TPSA) is 34.1 Å². The van der Waals surface area contributed by atoms with Gasteiger partial charge in [0.05, 0.1) is 19.4 Å². The molecule has 0 bridgehead atoms. The van der Waals surface area contributed by atoms with Crippen molar-refractivity contribution in [1.29, 1.82) is 0 Å². The largest absolute Gasteiger partial charge is 0.497 e. The number of para-hydroxylation sites is 2. The fraction of sp³-hybridized carbons (Fsp3) is 0.160. The summed E-state index contributed by atoms with van der Waals surface area (Å²) in [4.78, 5) is 7.05. The van der Waals surface area contributed by atoms with E-state index >= 15 is 0 Å². The average Bonchev–Trinajstić information content (AvgIpc) is 2.93. The van der Waals surface area contributed by atoms with Gasteiger partial charge in [-0.05, 0) is 48.6 Å². The summed E-state index contributed by atoms with van der Waals surface area (Å²) in [5.41, 5.74) is 4.35. The Hall–Kier alpha value is -3.53. The number of aliphatic imine (C=N–C) groups is 1. The number of benzene rings is 3. The molecular weight excluding hydrogens is 360 g/mol. The molecule has 29 heavy (non-hydrogen) atoms. The normalized spacial score (nSPS) is 13.6. The molecule has 0 aliphatic carbocycles. The monoisotopic (exact) mass is 384 g/mol. The van der Waals surface area contributed by atoms with Gasteiger partial charge in [0.25, 0.3) is 0 Å². The van der Waals surface area contributed by atoms with Gasteiger partial charge in [0.1, 0.15) is 17.2 Å². The summed E-state index contributed by atoms with van der Waals surface area (Å²) < 4.78 is 11.3. The van der Waals surface area contributed by atoms with Crippen molar-refractivity contribution in [2.75, 3.05) is 32.1 Å². The lowest BCUT2D eigenvalue weighted by Crippen LogP contribution is -2.20. The van der Waals surface area contributed by atoms with Crippen molar-refractivity contribution < 1.29 is 9.47 Å². The molecule has 3 aromatic carbocycles. The summed E-state index contributed by atoms with van der Waals surface area (Å²) >= 11 is 0. The van der Waals surface area contributed by atoms with Crippen molar-refractivity contribution in [3.63, 3.8) is 0 Å². The quantitative estimate of drug-likeness (QED) is 0.587. The Bertz CT molecular complexity index is 1040. The highest BCUT2D eigenvalue weighted by molar-refractivity contribution is 6.14. The number of rotatable bonds is 5. The van der Waals surface area contributed by atoms with E-state index in [9.17, 15) is 0 Å². The summed E-state index contributed by atoms with van der Waals surface area (Å²) in [5.74, 6) is 2.37. The van der Waals surface area contributed by atoms with Crippen LogP contribution in [-0.4, -0.2) is 33.0 Å². The molecule has 0 fully saturated rings. The van der Waals surface area contributed by atoms with E-state index in [2.05, 4.69) is 48.4 Å². The maximum absolute atomic E-state index is 6.11. The number of hydrogen-bond acceptors (Lipinski definition) is 4. The number of allylic oxidation sites excluding steroid dienone is 1. The Morgan fingerprint density at radius 3 is 2.41 bits per heavy atom. The molecule has 146 valence electrons. The van der Waals surface area contributed by atoms with E-state index in [1.54, 1.807) is 7.11 Å². The number of nitrogens with zero attached hydrogens (tertiary/aromatic N) is 2. The lowest BCUT2D eigenvalue weighted by Gasteiger charge is -2.18. The average molecular weight is 384 g/mol. The van der Waals surface area contributed by atoms with Crippen molar-refractivity contribution in [3.8, 4) is 17.2 Å². The van der Waals surface area contributed by atoms with Gasteiger partial charge in [-0.3, -0.25) is 4.99 Å². The van der Waals surface area contributed by atoms with Crippen LogP contribution in [0.4, 0.5) is 5.69 Å². The standard InChI is InChI=1S/C25H24N2O2/c1-27-18-17-26-23(22-8-4-5-9-24(22)27)16-11-19-7-3-6-10-25(19)29-21-14-12-20(28-2)13-15-21/h3-16H,17-18H2,1-2H3/b16-11+. The fourth-order valence-corrected chi connectivity index (χ4v) is 3.34. The summed E-state index contributed by atoms with van der Waals surface area (Å²) in [6, 6.07) is 24.0. The molecule has 0 atom stereocenters. The Balaban J connectivity index is 1.60. The minimum atomic E-state index is 0.769. The first-order valence-corrected chi connectivity index (χ1v) is 9.68. The third-order valence-corrected chi connectivity index (χ3v) is 4.94. The number of ether oxygens (including phenoxy) is 2. The lowest BCUT2D eigenvalue weighted by atomic mass is 10.1. The van der Waals surface area contributed by atoms with Crippen molar-refractivity contribution in [3.05, 3.63) is 90.0 Å². The van der Waals surface area contributed by atoms with Crippen LogP contribution in [0.25, 0.3) is 6.08 Å². The molecule has 0 radical (unpaired) electrons. The van der Waals surface area contributed by atoms with E-state index < -0.39 is 0 Å². The van der Waals surface area contributed by atoms with Gasteiger partial charge in [-0.2, -0.15) is 0 Å². The number of benzodiazepines with no additional fused rings is 1. The van der Waals surface area contributed by atoms with E-state index in [0.717, 1.165) is 47.2 Å². The fourth-order valence-electron chi connectivity index (χ4n) is 3.34. The molecule has 4 heteroatoms. The maximum atomic E-state index is 6.11. The van der Waals surface area contributed by atoms with E-state index in [1.165, 1.54) is 5.69 Å². The number of hydrogen-bond donors (Lipinski definition) is 0. The summed E-state index contributed by atoms with van der Waals surface area (Å²) in [6.45, 7) is 1.68. The van der Waals surface area contributed by atoms with Crippen molar-refractivity contribution in [2.24, 2.45) is 4.99 Å². The Labute approximate surface area is 171 Å². The smallest absolute Gasteiger partial charge is 0.134 e. The summed E-state index contributed by atoms with van der Waals surface area (Å²) in [5, 5.41) is 0. The first-order valence-electron chi connectivity index (χ1n) is 9.68. The maximum Gasteiger partial charge on any atom is 0.134 e. The number of anilines is 1. The molecule has 0 saturated heterocycles. The van der Waals surface area contributed by atoms with Crippen LogP contribution in [0.3, 0.4) is 0 Å². The number of fused-ring (bicyclic) bond motifs is 1. The molecule has 4 nitrogen and oxygen atoms in total. The molecular formula is C25H24N2O2. The minimum absolute atomic E-state index is 0.769. The SMILES string of the molecule is COc1ccc(Oc2ccccc2/C=C/C2=NCCN(C)c3ccccc32)cc1. The zero-order valence-electron chi connectivity index (χ0n) is 16.7. The third-order valence-electron chi connectivity index (χ3n) is 4.94. The molecule has 1 aliphatic rings. The molecule has 0 amide bonds. The zero-order chi connectivity index (χ0) is 20.1. The van der Waals surface area contributed by atoms with Gasteiger partial charge in [0.2, 0.25) is 0 Å². The van der Waals surface area contributed by atoms with Gasteiger partial charge in [-0.1, -0.05) is 36.4 Å². The molecule has 0 spiro atoms. The summed E-state index contributed by atoms with van der Waals surface area (Å²) in [7, 11) is 3.76. The molecule has 0 saturated carbocycles. The highest BCUT2D eigenvalue weighted by Crippen LogP contribution is 2.28. The molecule has 1 aliphatic heterocycles. The van der Waals surface area contributed by atoms with E-state index in [4.69, 9.17) is 14.5 Å². The second-order valence-electron chi connectivity index (χ2n) is 6.85. The lowest BCUT2D eigenvalue weighted by molar-refractivity contribution is 0.413. The predicted molar refractivity (Wildman–Crippen MR) is 120 cm³/mol. The van der Waals surface area contributed by atoms with Gasteiger partial charge in [0, 0.05) is 30.4 Å². The first-order chi connectivity index (χ1) is 14.2. The molecule has 0 aromatic heterocycles. The van der Waals surface area contributed by atoms with Crippen LogP contribution in [0.5, 0.6) is 17.2 Å². The van der Waals surface area contributed by atoms with Crippen molar-refractivity contribution in [2.45, 2.75) is 0 Å². The molecule has 0 unspecified atom stereocenters. The molecule has 1 heterocycles. The summed E-state index contributed by atoms with van der Waals surface area (Å²) in [6.07, 6.45) is 4.15. The number of likely N-dealkylation sites (N-methyl/N-ethyl adjacent to an activating group) is 1. The van der Waals surface area contributed by atoms with E-state index in [1.807, 2.05) is 48.5 Å². The number of methoxy groups -OCH3 is 1. The van der Waals surface area contributed by atoms with Crippen LogP contribution in [0.15, 0.2) is 83.9 Å². The van der Waals surface area contributed by atoms with Gasteiger partial charge < -0.3 is 14.4 Å². The van der Waals surface area contributed by atoms with E-state index in [-0.39, 0.29) is 0 Å². The highest BCUT2D eigenvalue weighted by atomic mass is 16.5. The van der Waals surface area contributed by atoms with Gasteiger partial charge in [0.15, 0.2) is 0 Å². The minimum Gasteiger partial charge on any atom is -0.497 e. The molecule has 3 aromatic rings. The van der Waals surface area contributed by atoms with Crippen molar-refractivity contribution >= 4 is 17.5 Å². The van der Waals surface area contributed by atoms with Gasteiger partial charge >= 0.3 is 0 Å². The van der Waals surface area contributed by atoms with Crippen LogP contribution in [0, 0.1) is 0 Å². The molecule has 4 rings (SSSR count). The van der Waals surface area contributed by atoms with Crippen molar-refractivity contribution in [1.82, 2.24) is 0 Å². The van der Waals surface area contributed by atoms with Crippen LogP contribution >= 0.6 is 0 Å². The first kappa shape index (κ1) is 18.8. The van der Waals surface area contributed by atoms with Gasteiger partial charge in [-0.15, -0.1) is 0 Å². The van der Waals surface area contributed by atoms with Gasteiger partial charge in [-0.25, -0.2) is 0 Å². The Morgan fingerprint density at radius 1 is 0.862 bits per heavy atom. The van der Waals surface area contributed by atoms with Crippen LogP contribution in [0.2, 0.25) is 0 Å². The van der Waals surface area contributed by atoms with Crippen LogP contribution in [-0.2, 0) is 0 Å². The van der Waals surface area contributed by atoms with Crippen LogP contribution in [0.1, 0.15) is 11.1 Å². The Morgan fingerprint density at radius 2 is 1.59 bits per heavy atom. The second kappa shape index (κ2) is 8.65. The predicted octanol–water partition coefficient (Wildman–Crippen LogP) is 5.44. The highest BCUT2D eigenvalue weighted by Gasteiger charge is 2.13. The zero-order valence-corrected chi connectivity index (χ0v) is 16.7. The molecule has 0 N–H and O–H groups in total. The Kier molecular flexibility index (Phi) is 5.61. The van der Waals surface area contributed by atoms with E-state index in [0.29, 0.717) is 0 Å². The van der Waals surface area contributed by atoms with Crippen LogP contribution < -0.4 is 14.4 Å². The second-order valence-corrected chi connectivity index (χ2v) is 6.85.